The van der Waals surface area contributed by atoms with Crippen molar-refractivity contribution in [2.45, 2.75) is 103 Å². The first-order chi connectivity index (χ1) is 25.3. The molecule has 0 aliphatic rings. The molecule has 0 heterocycles. The second-order valence-corrected chi connectivity index (χ2v) is 24.3. The zero-order valence-corrected chi connectivity index (χ0v) is 36.4. The van der Waals surface area contributed by atoms with Gasteiger partial charge in [-0.05, 0) is 91.9 Å². The van der Waals surface area contributed by atoms with Crippen LogP contribution in [0.1, 0.15) is 40.5 Å². The lowest BCUT2D eigenvalue weighted by Crippen LogP contribution is -2.46. The van der Waals surface area contributed by atoms with E-state index < -0.39 is 64.9 Å². The molecular weight excluding hydrogens is 749 g/mol. The van der Waals surface area contributed by atoms with E-state index in [2.05, 4.69) is 52.5 Å². The molecule has 0 amide bonds. The number of esters is 4. The molecular formula is C38H68N2O13Si2. The number of hydrogen-bond acceptors (Lipinski definition) is 15. The average molecular weight is 817 g/mol. The summed E-state index contributed by atoms with van der Waals surface area (Å²) in [6.45, 7) is 29.2. The van der Waals surface area contributed by atoms with Crippen molar-refractivity contribution in [1.82, 2.24) is 9.80 Å². The zero-order valence-electron chi connectivity index (χ0n) is 34.4. The van der Waals surface area contributed by atoms with Crippen molar-refractivity contribution >= 4 is 40.5 Å². The van der Waals surface area contributed by atoms with Crippen LogP contribution in [0.5, 0.6) is 0 Å². The topological polar surface area (TPSA) is 202 Å². The number of carbonyl (C=O) groups excluding carboxylic acids is 4. The Kier molecular flexibility index (Phi) is 24.6. The Morgan fingerprint density at radius 2 is 0.709 bits per heavy atom. The molecule has 0 saturated heterocycles. The Bertz CT molecular complexity index is 1130. The standard InChI is InChI=1S/C38H68N2O13Si2/c1-27(2)35(45)49-23-31(41)19-39(20-32(42)24-50-36(46)28(3)4)15-13-17-54(9,10)53-55(11,12)18-14-16-40(21-33(43)25-51-37(47)29(5)6)22-34(44)26-52-38(48)30(7)8/h31-34,41-44H,1,3,5,7,13-26H2,2,4,6,8-12H3. The monoisotopic (exact) mass is 816 g/mol. The molecule has 0 aromatic carbocycles. The fraction of sp³-hybridized carbons (Fsp3) is 0.684. The molecule has 316 valence electrons. The van der Waals surface area contributed by atoms with Crippen LogP contribution in [0.4, 0.5) is 0 Å². The van der Waals surface area contributed by atoms with Crippen molar-refractivity contribution < 1.29 is 62.7 Å². The molecule has 0 radical (unpaired) electrons. The highest BCUT2D eigenvalue weighted by molar-refractivity contribution is 6.84. The highest BCUT2D eigenvalue weighted by atomic mass is 28.4. The van der Waals surface area contributed by atoms with E-state index in [9.17, 15) is 39.6 Å². The van der Waals surface area contributed by atoms with Gasteiger partial charge in [0.25, 0.3) is 0 Å². The first-order valence-corrected chi connectivity index (χ1v) is 24.7. The third-order valence-corrected chi connectivity index (χ3v) is 15.5. The van der Waals surface area contributed by atoms with Gasteiger partial charge in [-0.2, -0.15) is 0 Å². The number of nitrogens with zero attached hydrogens (tertiary/aromatic N) is 2. The first-order valence-electron chi connectivity index (χ1n) is 18.5. The number of hydrogen-bond donors (Lipinski definition) is 4. The van der Waals surface area contributed by atoms with E-state index in [1.165, 1.54) is 27.7 Å². The Labute approximate surface area is 329 Å². The maximum absolute atomic E-state index is 11.8. The molecule has 0 fully saturated rings. The van der Waals surface area contributed by atoms with Crippen LogP contribution in [0.3, 0.4) is 0 Å². The highest BCUT2D eigenvalue weighted by Gasteiger charge is 2.33. The molecule has 4 N–H and O–H groups in total. The van der Waals surface area contributed by atoms with Crippen molar-refractivity contribution in [3.8, 4) is 0 Å². The smallest absolute Gasteiger partial charge is 0.333 e. The number of rotatable bonds is 30. The lowest BCUT2D eigenvalue weighted by Gasteiger charge is -2.35. The number of carbonyl (C=O) groups is 4. The van der Waals surface area contributed by atoms with E-state index in [4.69, 9.17) is 23.1 Å². The fourth-order valence-electron chi connectivity index (χ4n) is 5.40. The van der Waals surface area contributed by atoms with Crippen LogP contribution in [0.25, 0.3) is 0 Å². The molecule has 4 atom stereocenters. The van der Waals surface area contributed by atoms with Gasteiger partial charge >= 0.3 is 23.9 Å². The molecule has 15 nitrogen and oxygen atoms in total. The predicted octanol–water partition coefficient (Wildman–Crippen LogP) is 2.72. The Morgan fingerprint density at radius 1 is 0.491 bits per heavy atom. The normalized spacial score (nSPS) is 14.1. The minimum Gasteiger partial charge on any atom is -0.460 e. The van der Waals surface area contributed by atoms with Crippen molar-refractivity contribution in [2.75, 3.05) is 65.7 Å². The van der Waals surface area contributed by atoms with Crippen LogP contribution in [0.15, 0.2) is 48.6 Å². The molecule has 4 unspecified atom stereocenters. The molecule has 0 aliphatic heterocycles. The molecule has 0 saturated carbocycles. The summed E-state index contributed by atoms with van der Waals surface area (Å²) < 4.78 is 27.2. The summed E-state index contributed by atoms with van der Waals surface area (Å²) in [6.07, 6.45) is -2.73. The van der Waals surface area contributed by atoms with E-state index in [-0.39, 0.29) is 74.9 Å². The second kappa shape index (κ2) is 26.0. The summed E-state index contributed by atoms with van der Waals surface area (Å²) in [5.74, 6) is -2.44. The maximum atomic E-state index is 11.8. The molecule has 0 aliphatic carbocycles. The first kappa shape index (κ1) is 52.0. The fourth-order valence-corrected chi connectivity index (χ4v) is 14.2. The maximum Gasteiger partial charge on any atom is 0.333 e. The quantitative estimate of drug-likeness (QED) is 0.0357. The van der Waals surface area contributed by atoms with Gasteiger partial charge in [0.05, 0.1) is 0 Å². The minimum absolute atomic E-state index is 0.102. The number of ether oxygens (including phenoxy) is 4. The van der Waals surface area contributed by atoms with Crippen LogP contribution in [0.2, 0.25) is 38.3 Å². The minimum atomic E-state index is -2.21. The van der Waals surface area contributed by atoms with Gasteiger partial charge in [0.15, 0.2) is 16.6 Å². The average Bonchev–Trinajstić information content (AvgIpc) is 3.06. The second-order valence-electron chi connectivity index (χ2n) is 15.5. The Balaban J connectivity index is 5.40. The van der Waals surface area contributed by atoms with Crippen LogP contribution < -0.4 is 0 Å². The van der Waals surface area contributed by atoms with E-state index in [0.29, 0.717) is 25.9 Å². The number of aliphatic hydroxyl groups is 4. The molecule has 0 bridgehead atoms. The van der Waals surface area contributed by atoms with Crippen molar-refractivity contribution in [3.63, 3.8) is 0 Å². The Hall–Kier alpha value is -3.01. The van der Waals surface area contributed by atoms with Gasteiger partial charge in [0.1, 0.15) is 50.8 Å². The predicted molar refractivity (Wildman–Crippen MR) is 215 cm³/mol. The van der Waals surface area contributed by atoms with Gasteiger partial charge in [-0.15, -0.1) is 0 Å². The van der Waals surface area contributed by atoms with E-state index in [0.717, 1.165) is 12.1 Å². The molecule has 0 spiro atoms. The summed E-state index contributed by atoms with van der Waals surface area (Å²) in [5, 5.41) is 42.4. The van der Waals surface area contributed by atoms with Crippen LogP contribution in [0, 0.1) is 0 Å². The largest absolute Gasteiger partial charge is 0.460 e. The number of aliphatic hydroxyl groups excluding tert-OH is 4. The van der Waals surface area contributed by atoms with Gasteiger partial charge in [-0.1, -0.05) is 26.3 Å². The molecule has 55 heavy (non-hydrogen) atoms. The third-order valence-electron chi connectivity index (χ3n) is 7.96. The van der Waals surface area contributed by atoms with Crippen LogP contribution >= 0.6 is 0 Å². The van der Waals surface area contributed by atoms with Gasteiger partial charge in [0.2, 0.25) is 0 Å². The van der Waals surface area contributed by atoms with Crippen LogP contribution in [-0.4, -0.2) is 161 Å². The molecule has 17 heteroatoms. The van der Waals surface area contributed by atoms with Crippen molar-refractivity contribution in [1.29, 1.82) is 0 Å². The van der Waals surface area contributed by atoms with E-state index in [1.807, 2.05) is 9.80 Å². The molecule has 0 rings (SSSR count). The van der Waals surface area contributed by atoms with E-state index >= 15 is 0 Å². The van der Waals surface area contributed by atoms with Crippen molar-refractivity contribution in [3.05, 3.63) is 48.6 Å². The molecule has 0 aromatic heterocycles. The summed E-state index contributed by atoms with van der Waals surface area (Å²) in [6, 6.07) is 1.55. The lowest BCUT2D eigenvalue weighted by atomic mass is 10.2. The SMILES string of the molecule is C=C(C)C(=O)OCC(O)CN(CCC[Si](C)(C)O[Si](C)(C)CCCN(CC(O)COC(=O)C(=C)C)CC(O)COC(=O)C(=C)C)CC(O)COC(=O)C(=C)C. The van der Waals surface area contributed by atoms with Gasteiger partial charge in [-0.25, -0.2) is 19.2 Å². The summed E-state index contributed by atoms with van der Waals surface area (Å²) in [5.41, 5.74) is 0.852. The summed E-state index contributed by atoms with van der Waals surface area (Å²) in [4.78, 5) is 50.9. The van der Waals surface area contributed by atoms with Gasteiger partial charge in [0, 0.05) is 48.5 Å². The summed E-state index contributed by atoms with van der Waals surface area (Å²) in [7, 11) is -4.43. The highest BCUT2D eigenvalue weighted by Crippen LogP contribution is 2.24. The van der Waals surface area contributed by atoms with E-state index in [1.54, 1.807) is 0 Å². The van der Waals surface area contributed by atoms with Gasteiger partial charge in [-0.3, -0.25) is 9.80 Å². The van der Waals surface area contributed by atoms with Crippen molar-refractivity contribution in [2.24, 2.45) is 0 Å². The Morgan fingerprint density at radius 3 is 0.909 bits per heavy atom. The summed E-state index contributed by atoms with van der Waals surface area (Å²) >= 11 is 0. The zero-order chi connectivity index (χ0) is 42.5. The van der Waals surface area contributed by atoms with Gasteiger partial charge < -0.3 is 43.5 Å². The lowest BCUT2D eigenvalue weighted by molar-refractivity contribution is -0.144. The van der Waals surface area contributed by atoms with Crippen LogP contribution in [-0.2, 0) is 42.2 Å². The third kappa shape index (κ3) is 25.7. The molecule has 0 aromatic rings.